The third-order valence-electron chi connectivity index (χ3n) is 6.38. The Bertz CT molecular complexity index is 1060. The van der Waals surface area contributed by atoms with Crippen molar-refractivity contribution in [3.63, 3.8) is 0 Å². The van der Waals surface area contributed by atoms with Crippen molar-refractivity contribution < 1.29 is 23.9 Å². The van der Waals surface area contributed by atoms with E-state index in [1.54, 1.807) is 18.2 Å². The van der Waals surface area contributed by atoms with E-state index < -0.39 is 0 Å². The molecule has 0 heterocycles. The van der Waals surface area contributed by atoms with E-state index >= 15 is 0 Å². The number of hydrogen-bond donors (Lipinski definition) is 1. The zero-order valence-electron chi connectivity index (χ0n) is 20.7. The van der Waals surface area contributed by atoms with Crippen molar-refractivity contribution in [2.24, 2.45) is 5.92 Å². The fourth-order valence-electron chi connectivity index (χ4n) is 4.36. The topological polar surface area (TPSA) is 81.7 Å². The Morgan fingerprint density at radius 3 is 2.40 bits per heavy atom. The number of ether oxygens (including phenoxy) is 2. The highest BCUT2D eigenvalue weighted by molar-refractivity contribution is 6.31. The Morgan fingerprint density at radius 1 is 1.00 bits per heavy atom. The van der Waals surface area contributed by atoms with Crippen LogP contribution in [0.1, 0.15) is 77.3 Å². The van der Waals surface area contributed by atoms with E-state index in [-0.39, 0.29) is 29.7 Å². The summed E-state index contributed by atoms with van der Waals surface area (Å²) in [4.78, 5) is 36.9. The van der Waals surface area contributed by atoms with Gasteiger partial charge in [-0.1, -0.05) is 11.6 Å². The van der Waals surface area contributed by atoms with Crippen LogP contribution in [0.25, 0.3) is 0 Å². The number of aryl methyl sites for hydroxylation is 2. The molecule has 3 rings (SSSR count). The van der Waals surface area contributed by atoms with Crippen molar-refractivity contribution in [3.8, 4) is 5.75 Å². The maximum Gasteiger partial charge on any atom is 0.308 e. The summed E-state index contributed by atoms with van der Waals surface area (Å²) in [6, 6.07) is 10.7. The van der Waals surface area contributed by atoms with E-state index in [1.807, 2.05) is 39.0 Å². The number of ketones is 1. The van der Waals surface area contributed by atoms with Crippen LogP contribution in [0.15, 0.2) is 36.4 Å². The molecule has 0 unspecified atom stereocenters. The lowest BCUT2D eigenvalue weighted by atomic mass is 9.87. The van der Waals surface area contributed by atoms with Crippen LogP contribution < -0.4 is 10.1 Å². The molecule has 1 aliphatic carbocycles. The SMILES string of the molecule is CCOC(=O)C1CCC(Oc2ccc(C(=O)CCCNC(=O)c3ccc(Cl)c(C)c3)c(C)c2)CC1. The second-order valence-corrected chi connectivity index (χ2v) is 9.47. The van der Waals surface area contributed by atoms with Crippen LogP contribution in [0.5, 0.6) is 5.75 Å². The minimum absolute atomic E-state index is 0.0309. The fourth-order valence-corrected chi connectivity index (χ4v) is 4.48. The third-order valence-corrected chi connectivity index (χ3v) is 6.81. The smallest absolute Gasteiger partial charge is 0.308 e. The summed E-state index contributed by atoms with van der Waals surface area (Å²) >= 11 is 6.01. The molecule has 7 heteroatoms. The summed E-state index contributed by atoms with van der Waals surface area (Å²) in [7, 11) is 0. The van der Waals surface area contributed by atoms with Crippen molar-refractivity contribution in [3.05, 3.63) is 63.7 Å². The highest BCUT2D eigenvalue weighted by Gasteiger charge is 2.28. The highest BCUT2D eigenvalue weighted by atomic mass is 35.5. The number of benzene rings is 2. The minimum atomic E-state index is -0.175. The number of carbonyl (C=O) groups is 3. The molecule has 1 fully saturated rings. The Hall–Kier alpha value is -2.86. The molecule has 0 bridgehead atoms. The molecule has 0 radical (unpaired) electrons. The average molecular weight is 500 g/mol. The second kappa shape index (κ2) is 12.7. The van der Waals surface area contributed by atoms with Crippen molar-refractivity contribution in [1.29, 1.82) is 0 Å². The molecule has 6 nitrogen and oxygen atoms in total. The summed E-state index contributed by atoms with van der Waals surface area (Å²) in [5, 5.41) is 3.48. The number of Topliss-reactive ketones (excluding diaryl/α,β-unsaturated/α-hetero) is 1. The Labute approximate surface area is 212 Å². The first-order chi connectivity index (χ1) is 16.8. The standard InChI is InChI=1S/C28H34ClNO5/c1-4-34-28(33)20-7-10-22(11-8-20)35-23-12-13-24(18(2)17-23)26(31)6-5-15-30-27(32)21-9-14-25(29)19(3)16-21/h9,12-14,16-17,20,22H,4-8,10-11,15H2,1-3H3,(H,30,32). The van der Waals surface area contributed by atoms with Gasteiger partial charge in [-0.3, -0.25) is 14.4 Å². The summed E-state index contributed by atoms with van der Waals surface area (Å²) in [6.07, 6.45) is 4.13. The average Bonchev–Trinajstić information content (AvgIpc) is 2.84. The first-order valence-corrected chi connectivity index (χ1v) is 12.7. The number of carbonyl (C=O) groups excluding carboxylic acids is 3. The molecule has 1 saturated carbocycles. The maximum absolute atomic E-state index is 12.7. The molecular weight excluding hydrogens is 466 g/mol. The number of amides is 1. The van der Waals surface area contributed by atoms with Crippen LogP contribution >= 0.6 is 11.6 Å². The van der Waals surface area contributed by atoms with Gasteiger partial charge in [0.2, 0.25) is 0 Å². The van der Waals surface area contributed by atoms with Crippen LogP contribution in [-0.4, -0.2) is 36.9 Å². The number of halogens is 1. The van der Waals surface area contributed by atoms with Gasteiger partial charge in [0, 0.05) is 29.1 Å². The molecule has 2 aromatic carbocycles. The molecule has 1 amide bonds. The fraction of sp³-hybridized carbons (Fsp3) is 0.464. The lowest BCUT2D eigenvalue weighted by Gasteiger charge is -2.28. The van der Waals surface area contributed by atoms with Gasteiger partial charge in [0.15, 0.2) is 5.78 Å². The Kier molecular flexibility index (Phi) is 9.73. The van der Waals surface area contributed by atoms with Crippen molar-refractivity contribution in [2.45, 2.75) is 65.4 Å². The van der Waals surface area contributed by atoms with Crippen LogP contribution in [0.4, 0.5) is 0 Å². The zero-order chi connectivity index (χ0) is 25.4. The van der Waals surface area contributed by atoms with Gasteiger partial charge in [-0.2, -0.15) is 0 Å². The van der Waals surface area contributed by atoms with Crippen LogP contribution in [0, 0.1) is 19.8 Å². The zero-order valence-corrected chi connectivity index (χ0v) is 21.5. The number of hydrogen-bond acceptors (Lipinski definition) is 5. The first kappa shape index (κ1) is 26.7. The van der Waals surface area contributed by atoms with Gasteiger partial charge in [-0.25, -0.2) is 0 Å². The largest absolute Gasteiger partial charge is 0.490 e. The lowest BCUT2D eigenvalue weighted by Crippen LogP contribution is -2.29. The van der Waals surface area contributed by atoms with Gasteiger partial charge in [-0.15, -0.1) is 0 Å². The van der Waals surface area contributed by atoms with Crippen LogP contribution in [-0.2, 0) is 9.53 Å². The molecule has 35 heavy (non-hydrogen) atoms. The van der Waals surface area contributed by atoms with Gasteiger partial charge in [0.05, 0.1) is 18.6 Å². The number of rotatable bonds is 10. The molecule has 1 aliphatic rings. The first-order valence-electron chi connectivity index (χ1n) is 12.3. The van der Waals surface area contributed by atoms with E-state index in [0.717, 1.165) is 42.6 Å². The predicted molar refractivity (Wildman–Crippen MR) is 136 cm³/mol. The molecule has 188 valence electrons. The van der Waals surface area contributed by atoms with E-state index in [4.69, 9.17) is 21.1 Å². The van der Waals surface area contributed by atoms with E-state index in [0.29, 0.717) is 42.1 Å². The summed E-state index contributed by atoms with van der Waals surface area (Å²) < 4.78 is 11.2. The van der Waals surface area contributed by atoms with Crippen molar-refractivity contribution in [1.82, 2.24) is 5.32 Å². The van der Waals surface area contributed by atoms with Gasteiger partial charge in [0.1, 0.15) is 5.75 Å². The van der Waals surface area contributed by atoms with Crippen molar-refractivity contribution >= 4 is 29.3 Å². The maximum atomic E-state index is 12.7. The highest BCUT2D eigenvalue weighted by Crippen LogP contribution is 2.29. The quantitative estimate of drug-likeness (QED) is 0.252. The lowest BCUT2D eigenvalue weighted by molar-refractivity contribution is -0.149. The monoisotopic (exact) mass is 499 g/mol. The van der Waals surface area contributed by atoms with Gasteiger partial charge in [0.25, 0.3) is 5.91 Å². The van der Waals surface area contributed by atoms with Crippen LogP contribution in [0.2, 0.25) is 5.02 Å². The Morgan fingerprint density at radius 2 is 1.74 bits per heavy atom. The summed E-state index contributed by atoms with van der Waals surface area (Å²) in [6.45, 7) is 6.42. The van der Waals surface area contributed by atoms with E-state index in [9.17, 15) is 14.4 Å². The van der Waals surface area contributed by atoms with E-state index in [2.05, 4.69) is 5.32 Å². The van der Waals surface area contributed by atoms with Crippen molar-refractivity contribution in [2.75, 3.05) is 13.2 Å². The third kappa shape index (κ3) is 7.56. The van der Waals surface area contributed by atoms with Gasteiger partial charge < -0.3 is 14.8 Å². The van der Waals surface area contributed by atoms with Crippen LogP contribution in [0.3, 0.4) is 0 Å². The normalized spacial score (nSPS) is 17.5. The molecule has 0 aromatic heterocycles. The molecule has 1 N–H and O–H groups in total. The molecular formula is C28H34ClNO5. The Balaban J connectivity index is 1.43. The molecule has 0 atom stereocenters. The number of nitrogens with one attached hydrogen (secondary N) is 1. The molecule has 0 aliphatic heterocycles. The van der Waals surface area contributed by atoms with Gasteiger partial charge >= 0.3 is 5.97 Å². The predicted octanol–water partition coefficient (Wildman–Crippen LogP) is 5.85. The number of esters is 1. The molecule has 0 spiro atoms. The molecule has 0 saturated heterocycles. The molecule has 2 aromatic rings. The minimum Gasteiger partial charge on any atom is -0.490 e. The second-order valence-electron chi connectivity index (χ2n) is 9.07. The summed E-state index contributed by atoms with van der Waals surface area (Å²) in [5.41, 5.74) is 2.94. The van der Waals surface area contributed by atoms with Gasteiger partial charge in [-0.05, 0) is 100 Å². The summed E-state index contributed by atoms with van der Waals surface area (Å²) in [5.74, 6) is 0.469. The van der Waals surface area contributed by atoms with E-state index in [1.165, 1.54) is 0 Å².